The van der Waals surface area contributed by atoms with E-state index in [9.17, 15) is 18.0 Å². The van der Waals surface area contributed by atoms with E-state index in [2.05, 4.69) is 9.72 Å². The van der Waals surface area contributed by atoms with Gasteiger partial charge in [0, 0.05) is 12.3 Å². The highest BCUT2D eigenvalue weighted by Gasteiger charge is 2.52. The van der Waals surface area contributed by atoms with Gasteiger partial charge in [0.15, 0.2) is 11.9 Å². The molecule has 144 valence electrons. The minimum Gasteiger partial charge on any atom is -0.494 e. The number of imidazole rings is 1. The fourth-order valence-corrected chi connectivity index (χ4v) is 3.14. The number of ether oxygens (including phenoxy) is 3. The summed E-state index contributed by atoms with van der Waals surface area (Å²) in [5.41, 5.74) is 0.610. The van der Waals surface area contributed by atoms with Gasteiger partial charge in [0.05, 0.1) is 18.7 Å². The van der Waals surface area contributed by atoms with Crippen LogP contribution in [0.2, 0.25) is 0 Å². The van der Waals surface area contributed by atoms with Gasteiger partial charge in [-0.1, -0.05) is 0 Å². The Morgan fingerprint density at radius 3 is 2.89 bits per heavy atom. The van der Waals surface area contributed by atoms with Crippen molar-refractivity contribution in [3.63, 3.8) is 0 Å². The Morgan fingerprint density at radius 2 is 2.15 bits per heavy atom. The summed E-state index contributed by atoms with van der Waals surface area (Å²) in [6, 6.07) is 3.13. The number of fused-ring (bicyclic) bond motifs is 3. The lowest BCUT2D eigenvalue weighted by atomic mass is 10.2. The molecule has 10 heteroatoms. The first-order valence-corrected chi connectivity index (χ1v) is 8.38. The molecule has 7 nitrogen and oxygen atoms in total. The SMILES string of the molecule is CCOc1ccc2c(c1)OCCn1cc(N3C(=O)OCC3C(F)(F)F)nc1-2. The van der Waals surface area contributed by atoms with Crippen molar-refractivity contribution in [3.8, 4) is 22.9 Å². The zero-order chi connectivity index (χ0) is 19.2. The summed E-state index contributed by atoms with van der Waals surface area (Å²) in [7, 11) is 0. The van der Waals surface area contributed by atoms with Gasteiger partial charge < -0.3 is 18.8 Å². The third-order valence-electron chi connectivity index (χ3n) is 4.36. The summed E-state index contributed by atoms with van der Waals surface area (Å²) in [5, 5.41) is 0. The Morgan fingerprint density at radius 1 is 1.33 bits per heavy atom. The van der Waals surface area contributed by atoms with E-state index in [0.29, 0.717) is 47.5 Å². The molecule has 2 aromatic rings. The molecule has 1 aromatic heterocycles. The number of hydrogen-bond donors (Lipinski definition) is 0. The Balaban J connectivity index is 1.75. The van der Waals surface area contributed by atoms with Crippen molar-refractivity contribution in [2.45, 2.75) is 25.7 Å². The van der Waals surface area contributed by atoms with Gasteiger partial charge in [-0.15, -0.1) is 0 Å². The van der Waals surface area contributed by atoms with Crippen LogP contribution in [0, 0.1) is 0 Å². The maximum Gasteiger partial charge on any atom is 0.416 e. The molecule has 0 aliphatic carbocycles. The van der Waals surface area contributed by atoms with Crippen LogP contribution in [0.15, 0.2) is 24.4 Å². The highest BCUT2D eigenvalue weighted by Crippen LogP contribution is 2.38. The first-order valence-electron chi connectivity index (χ1n) is 8.38. The first-order chi connectivity index (χ1) is 12.9. The third-order valence-corrected chi connectivity index (χ3v) is 4.36. The maximum atomic E-state index is 13.2. The van der Waals surface area contributed by atoms with Crippen LogP contribution in [0.4, 0.5) is 23.8 Å². The number of cyclic esters (lactones) is 1. The first kappa shape index (κ1) is 17.5. The van der Waals surface area contributed by atoms with Gasteiger partial charge in [-0.2, -0.15) is 13.2 Å². The van der Waals surface area contributed by atoms with Crippen LogP contribution in [0.5, 0.6) is 11.5 Å². The minimum atomic E-state index is -4.61. The Labute approximate surface area is 152 Å². The number of amides is 1. The number of nitrogens with zero attached hydrogens (tertiary/aromatic N) is 3. The molecule has 1 amide bonds. The lowest BCUT2D eigenvalue weighted by molar-refractivity contribution is -0.147. The number of aromatic nitrogens is 2. The molecule has 1 atom stereocenters. The fraction of sp³-hybridized carbons (Fsp3) is 0.412. The van der Waals surface area contributed by atoms with Crippen LogP contribution in [-0.4, -0.2) is 47.7 Å². The summed E-state index contributed by atoms with van der Waals surface area (Å²) in [6.07, 6.45) is -4.26. The molecular weight excluding hydrogens is 367 g/mol. The second-order valence-electron chi connectivity index (χ2n) is 6.06. The number of alkyl halides is 3. The van der Waals surface area contributed by atoms with E-state index in [1.807, 2.05) is 6.92 Å². The molecule has 0 radical (unpaired) electrons. The molecule has 4 rings (SSSR count). The van der Waals surface area contributed by atoms with Crippen LogP contribution < -0.4 is 14.4 Å². The average Bonchev–Trinajstić information content (AvgIpc) is 3.15. The molecule has 0 N–H and O–H groups in total. The van der Waals surface area contributed by atoms with Crippen LogP contribution in [-0.2, 0) is 11.3 Å². The number of hydrogen-bond acceptors (Lipinski definition) is 5. The Bertz CT molecular complexity index is 881. The molecule has 1 unspecified atom stereocenters. The quantitative estimate of drug-likeness (QED) is 0.814. The van der Waals surface area contributed by atoms with E-state index >= 15 is 0 Å². The third kappa shape index (κ3) is 3.04. The number of anilines is 1. The zero-order valence-corrected chi connectivity index (χ0v) is 14.3. The van der Waals surface area contributed by atoms with Gasteiger partial charge in [0.2, 0.25) is 0 Å². The van der Waals surface area contributed by atoms with Crippen molar-refractivity contribution in [2.24, 2.45) is 0 Å². The molecule has 0 bridgehead atoms. The van der Waals surface area contributed by atoms with Crippen molar-refractivity contribution in [1.82, 2.24) is 9.55 Å². The maximum absolute atomic E-state index is 13.2. The van der Waals surface area contributed by atoms with Crippen molar-refractivity contribution in [2.75, 3.05) is 24.7 Å². The Kier molecular flexibility index (Phi) is 4.12. The van der Waals surface area contributed by atoms with Gasteiger partial charge in [0.25, 0.3) is 0 Å². The molecule has 1 aromatic carbocycles. The number of benzene rings is 1. The van der Waals surface area contributed by atoms with E-state index < -0.39 is 24.9 Å². The smallest absolute Gasteiger partial charge is 0.416 e. The standard InChI is InChI=1S/C17H16F3N3O4/c1-2-25-10-3-4-11-12(7-10)26-6-5-22-8-14(21-15(11)22)23-13(17(18,19)20)9-27-16(23)24/h3-4,7-8,13H,2,5-6,9H2,1H3. The lowest BCUT2D eigenvalue weighted by Crippen LogP contribution is -2.44. The molecule has 1 saturated heterocycles. The van der Waals surface area contributed by atoms with Crippen molar-refractivity contribution < 1.29 is 32.2 Å². The summed E-state index contributed by atoms with van der Waals surface area (Å²) in [4.78, 5) is 16.7. The summed E-state index contributed by atoms with van der Waals surface area (Å²) >= 11 is 0. The van der Waals surface area contributed by atoms with E-state index in [1.165, 1.54) is 6.20 Å². The van der Waals surface area contributed by atoms with Gasteiger partial charge in [0.1, 0.15) is 30.5 Å². The van der Waals surface area contributed by atoms with E-state index in [-0.39, 0.29) is 5.82 Å². The molecular formula is C17H16F3N3O4. The largest absolute Gasteiger partial charge is 0.494 e. The fourth-order valence-electron chi connectivity index (χ4n) is 3.14. The summed E-state index contributed by atoms with van der Waals surface area (Å²) in [6.45, 7) is 2.28. The van der Waals surface area contributed by atoms with Crippen LogP contribution in [0.25, 0.3) is 11.4 Å². The Hall–Kier alpha value is -2.91. The molecule has 1 fully saturated rings. The van der Waals surface area contributed by atoms with Gasteiger partial charge >= 0.3 is 12.3 Å². The van der Waals surface area contributed by atoms with Crippen molar-refractivity contribution in [3.05, 3.63) is 24.4 Å². The molecule has 2 aliphatic heterocycles. The van der Waals surface area contributed by atoms with Gasteiger partial charge in [-0.25, -0.2) is 14.7 Å². The van der Waals surface area contributed by atoms with Gasteiger partial charge in [-0.3, -0.25) is 0 Å². The molecule has 0 saturated carbocycles. The number of carbonyl (C=O) groups excluding carboxylic acids is 1. The summed E-state index contributed by atoms with van der Waals surface area (Å²) in [5.74, 6) is 1.46. The predicted octanol–water partition coefficient (Wildman–Crippen LogP) is 3.23. The lowest BCUT2D eigenvalue weighted by Gasteiger charge is -2.21. The highest BCUT2D eigenvalue weighted by atomic mass is 19.4. The normalized spacial score (nSPS) is 19.0. The predicted molar refractivity (Wildman–Crippen MR) is 88.0 cm³/mol. The van der Waals surface area contributed by atoms with Gasteiger partial charge in [-0.05, 0) is 19.1 Å². The van der Waals surface area contributed by atoms with Crippen LogP contribution in [0.1, 0.15) is 6.92 Å². The molecule has 27 heavy (non-hydrogen) atoms. The van der Waals surface area contributed by atoms with Crippen LogP contribution >= 0.6 is 0 Å². The molecule has 3 heterocycles. The van der Waals surface area contributed by atoms with E-state index in [4.69, 9.17) is 9.47 Å². The number of halogens is 3. The minimum absolute atomic E-state index is 0.100. The van der Waals surface area contributed by atoms with Crippen molar-refractivity contribution in [1.29, 1.82) is 0 Å². The monoisotopic (exact) mass is 383 g/mol. The molecule has 2 aliphatic rings. The second kappa shape index (κ2) is 6.36. The number of rotatable bonds is 3. The summed E-state index contributed by atoms with van der Waals surface area (Å²) < 4.78 is 57.1. The zero-order valence-electron chi connectivity index (χ0n) is 14.3. The average molecular weight is 383 g/mol. The van der Waals surface area contributed by atoms with Crippen molar-refractivity contribution >= 4 is 11.9 Å². The van der Waals surface area contributed by atoms with Crippen LogP contribution in [0.3, 0.4) is 0 Å². The van der Waals surface area contributed by atoms with E-state index in [1.54, 1.807) is 22.8 Å². The highest BCUT2D eigenvalue weighted by molar-refractivity contribution is 5.89. The second-order valence-corrected chi connectivity index (χ2v) is 6.06. The topological polar surface area (TPSA) is 65.8 Å². The number of carbonyl (C=O) groups is 1. The van der Waals surface area contributed by atoms with E-state index in [0.717, 1.165) is 0 Å². The molecule has 0 spiro atoms.